The molecule has 1 spiro atoms. The molecule has 0 aliphatic carbocycles. The van der Waals surface area contributed by atoms with E-state index >= 15 is 0 Å². The van der Waals surface area contributed by atoms with Gasteiger partial charge in [-0.3, -0.25) is 9.69 Å². The molecule has 0 N–H and O–H groups in total. The van der Waals surface area contributed by atoms with Crippen molar-refractivity contribution in [3.63, 3.8) is 0 Å². The van der Waals surface area contributed by atoms with Crippen molar-refractivity contribution in [2.75, 3.05) is 39.9 Å². The average molecular weight is 307 g/mol. The molecule has 1 atom stereocenters. The second-order valence-corrected chi connectivity index (χ2v) is 6.62. The Morgan fingerprint density at radius 1 is 1.36 bits per heavy atom. The smallest absolute Gasteiger partial charge is 0.232 e. The number of hydrogen-bond donors (Lipinski definition) is 0. The Morgan fingerprint density at radius 2 is 2.18 bits per heavy atom. The van der Waals surface area contributed by atoms with Crippen LogP contribution in [0.3, 0.4) is 0 Å². The molecule has 1 amide bonds. The number of carbonyl (C=O) groups is 1. The number of ether oxygens (including phenoxy) is 1. The number of aryl methyl sites for hydroxylation is 2. The van der Waals surface area contributed by atoms with E-state index in [1.54, 1.807) is 7.11 Å². The van der Waals surface area contributed by atoms with Gasteiger partial charge in [-0.15, -0.1) is 0 Å². The lowest BCUT2D eigenvalue weighted by atomic mass is 9.72. The zero-order valence-electron chi connectivity index (χ0n) is 13.7. The third-order valence-electron chi connectivity index (χ3n) is 5.03. The van der Waals surface area contributed by atoms with Crippen molar-refractivity contribution in [3.05, 3.63) is 17.0 Å². The highest BCUT2D eigenvalue weighted by molar-refractivity contribution is 5.89. The highest BCUT2D eigenvalue weighted by atomic mass is 16.5. The molecule has 2 fully saturated rings. The number of rotatable bonds is 5. The van der Waals surface area contributed by atoms with Crippen LogP contribution in [0.5, 0.6) is 0 Å². The van der Waals surface area contributed by atoms with Crippen LogP contribution in [0.4, 0.5) is 0 Å². The standard InChI is InChI=1S/C16H25N3O3/c1-12-14(13(2)22-17-12)9-19-11-16(15(19)20)5-4-6-18(10-16)7-8-21-3/h4-11H2,1-3H3/t16-/m1/s1. The van der Waals surface area contributed by atoms with Crippen LogP contribution in [0, 0.1) is 19.3 Å². The first-order valence-corrected chi connectivity index (χ1v) is 7.98. The first-order chi connectivity index (χ1) is 10.6. The zero-order chi connectivity index (χ0) is 15.7. The lowest BCUT2D eigenvalue weighted by molar-refractivity contribution is -0.167. The second-order valence-electron chi connectivity index (χ2n) is 6.62. The highest BCUT2D eigenvalue weighted by Crippen LogP contribution is 2.41. The topological polar surface area (TPSA) is 58.8 Å². The fourth-order valence-electron chi connectivity index (χ4n) is 3.74. The van der Waals surface area contributed by atoms with Gasteiger partial charge in [-0.25, -0.2) is 0 Å². The molecule has 0 unspecified atom stereocenters. The molecule has 1 aromatic heterocycles. The molecule has 3 rings (SSSR count). The first kappa shape index (κ1) is 15.5. The van der Waals surface area contributed by atoms with Crippen molar-refractivity contribution in [1.82, 2.24) is 15.0 Å². The van der Waals surface area contributed by atoms with E-state index < -0.39 is 0 Å². The summed E-state index contributed by atoms with van der Waals surface area (Å²) in [5.74, 6) is 1.10. The minimum atomic E-state index is -0.162. The van der Waals surface area contributed by atoms with Gasteiger partial charge in [0.25, 0.3) is 0 Å². The van der Waals surface area contributed by atoms with Gasteiger partial charge in [0.05, 0.1) is 24.3 Å². The SMILES string of the molecule is COCCN1CCC[C@@]2(C1)CN(Cc1c(C)noc1C)C2=O. The maximum absolute atomic E-state index is 12.7. The number of carbonyl (C=O) groups excluding carboxylic acids is 1. The van der Waals surface area contributed by atoms with Gasteiger partial charge < -0.3 is 14.2 Å². The van der Waals surface area contributed by atoms with Crippen LogP contribution in [0.15, 0.2) is 4.52 Å². The summed E-state index contributed by atoms with van der Waals surface area (Å²) in [5, 5.41) is 3.97. The van der Waals surface area contributed by atoms with Gasteiger partial charge in [-0.1, -0.05) is 5.16 Å². The summed E-state index contributed by atoms with van der Waals surface area (Å²) in [4.78, 5) is 17.0. The maximum atomic E-state index is 12.7. The van der Waals surface area contributed by atoms with E-state index in [-0.39, 0.29) is 11.3 Å². The lowest BCUT2D eigenvalue weighted by Gasteiger charge is -2.53. The minimum absolute atomic E-state index is 0.162. The van der Waals surface area contributed by atoms with Crippen LogP contribution in [-0.2, 0) is 16.1 Å². The number of likely N-dealkylation sites (tertiary alicyclic amines) is 2. The predicted octanol–water partition coefficient (Wildman–Crippen LogP) is 1.36. The van der Waals surface area contributed by atoms with Gasteiger partial charge in [-0.2, -0.15) is 0 Å². The zero-order valence-corrected chi connectivity index (χ0v) is 13.7. The Balaban J connectivity index is 1.61. The van der Waals surface area contributed by atoms with E-state index in [0.717, 1.165) is 62.6 Å². The Morgan fingerprint density at radius 3 is 2.82 bits per heavy atom. The lowest BCUT2D eigenvalue weighted by Crippen LogP contribution is -2.66. The van der Waals surface area contributed by atoms with E-state index in [0.29, 0.717) is 6.54 Å². The normalized spacial score (nSPS) is 25.8. The molecule has 0 bridgehead atoms. The van der Waals surface area contributed by atoms with Crippen molar-refractivity contribution in [2.24, 2.45) is 5.41 Å². The first-order valence-electron chi connectivity index (χ1n) is 7.98. The largest absolute Gasteiger partial charge is 0.383 e. The molecule has 0 aromatic carbocycles. The second kappa shape index (κ2) is 6.01. The van der Waals surface area contributed by atoms with Crippen molar-refractivity contribution in [3.8, 4) is 0 Å². The summed E-state index contributed by atoms with van der Waals surface area (Å²) in [5.41, 5.74) is 1.78. The molecule has 6 heteroatoms. The number of hydrogen-bond acceptors (Lipinski definition) is 5. The van der Waals surface area contributed by atoms with Gasteiger partial charge >= 0.3 is 0 Å². The van der Waals surface area contributed by atoms with E-state index in [1.807, 2.05) is 18.7 Å². The summed E-state index contributed by atoms with van der Waals surface area (Å²) in [7, 11) is 1.72. The number of methoxy groups -OCH3 is 1. The number of nitrogens with zero attached hydrogens (tertiary/aromatic N) is 3. The average Bonchev–Trinajstić information content (AvgIpc) is 2.84. The molecule has 3 heterocycles. The van der Waals surface area contributed by atoms with E-state index in [1.165, 1.54) is 0 Å². The molecule has 22 heavy (non-hydrogen) atoms. The van der Waals surface area contributed by atoms with Gasteiger partial charge in [0.1, 0.15) is 5.76 Å². The Labute approximate surface area is 131 Å². The highest BCUT2D eigenvalue weighted by Gasteiger charge is 2.53. The summed E-state index contributed by atoms with van der Waals surface area (Å²) < 4.78 is 10.3. The van der Waals surface area contributed by atoms with Crippen molar-refractivity contribution < 1.29 is 14.1 Å². The Hall–Kier alpha value is -1.40. The quantitative estimate of drug-likeness (QED) is 0.769. The molecule has 1 aromatic rings. The molecule has 6 nitrogen and oxygen atoms in total. The monoisotopic (exact) mass is 307 g/mol. The summed E-state index contributed by atoms with van der Waals surface area (Å²) in [6, 6.07) is 0. The van der Waals surface area contributed by atoms with Crippen LogP contribution in [-0.4, -0.2) is 60.8 Å². The predicted molar refractivity (Wildman–Crippen MR) is 81.4 cm³/mol. The van der Waals surface area contributed by atoms with Crippen LogP contribution in [0.1, 0.15) is 29.9 Å². The van der Waals surface area contributed by atoms with Crippen LogP contribution in [0.25, 0.3) is 0 Å². The fraction of sp³-hybridized carbons (Fsp3) is 0.750. The molecule has 122 valence electrons. The molecule has 2 saturated heterocycles. The van der Waals surface area contributed by atoms with Crippen LogP contribution in [0.2, 0.25) is 0 Å². The van der Waals surface area contributed by atoms with Crippen molar-refractivity contribution in [1.29, 1.82) is 0 Å². The number of β-lactam (4-membered cyclic amide) rings is 1. The number of aromatic nitrogens is 1. The maximum Gasteiger partial charge on any atom is 0.232 e. The van der Waals surface area contributed by atoms with Crippen LogP contribution < -0.4 is 0 Å². The number of piperidine rings is 1. The van der Waals surface area contributed by atoms with Crippen LogP contribution >= 0.6 is 0 Å². The Bertz CT molecular complexity index is 537. The third kappa shape index (κ3) is 2.65. The van der Waals surface area contributed by atoms with E-state index in [4.69, 9.17) is 9.26 Å². The summed E-state index contributed by atoms with van der Waals surface area (Å²) in [6.07, 6.45) is 2.10. The number of amides is 1. The van der Waals surface area contributed by atoms with Gasteiger partial charge in [0.15, 0.2) is 0 Å². The Kier molecular flexibility index (Phi) is 4.23. The summed E-state index contributed by atoms with van der Waals surface area (Å²) >= 11 is 0. The van der Waals surface area contributed by atoms with Gasteiger partial charge in [0.2, 0.25) is 5.91 Å². The van der Waals surface area contributed by atoms with E-state index in [2.05, 4.69) is 10.1 Å². The van der Waals surface area contributed by atoms with Gasteiger partial charge in [-0.05, 0) is 33.2 Å². The summed E-state index contributed by atoms with van der Waals surface area (Å²) in [6.45, 7) is 8.89. The van der Waals surface area contributed by atoms with Crippen molar-refractivity contribution in [2.45, 2.75) is 33.2 Å². The molecule has 2 aliphatic rings. The van der Waals surface area contributed by atoms with Crippen molar-refractivity contribution >= 4 is 5.91 Å². The van der Waals surface area contributed by atoms with Gasteiger partial charge in [0, 0.05) is 32.3 Å². The van der Waals surface area contributed by atoms with E-state index in [9.17, 15) is 4.79 Å². The minimum Gasteiger partial charge on any atom is -0.383 e. The molecular formula is C16H25N3O3. The molecule has 2 aliphatic heterocycles. The third-order valence-corrected chi connectivity index (χ3v) is 5.03. The fourth-order valence-corrected chi connectivity index (χ4v) is 3.74. The molecular weight excluding hydrogens is 282 g/mol. The molecule has 0 radical (unpaired) electrons. The molecule has 0 saturated carbocycles.